The highest BCUT2D eigenvalue weighted by molar-refractivity contribution is 5.76. The van der Waals surface area contributed by atoms with Gasteiger partial charge >= 0.3 is 0 Å². The molecular formula is C13H17FN2. The third kappa shape index (κ3) is 1.64. The molecule has 0 amide bonds. The zero-order chi connectivity index (χ0) is 12.2. The van der Waals surface area contributed by atoms with E-state index in [1.54, 1.807) is 6.07 Å². The lowest BCUT2D eigenvalue weighted by atomic mass is 9.97. The van der Waals surface area contributed by atoms with Gasteiger partial charge in [0.1, 0.15) is 5.82 Å². The number of fused-ring (bicyclic) bond motifs is 1. The number of benzene rings is 1. The maximum absolute atomic E-state index is 13.6. The van der Waals surface area contributed by atoms with E-state index in [4.69, 9.17) is 1.41 Å². The van der Waals surface area contributed by atoms with E-state index in [2.05, 4.69) is 5.32 Å². The number of rotatable bonds is 1. The summed E-state index contributed by atoms with van der Waals surface area (Å²) in [5, 5.41) is 4.84. The Morgan fingerprint density at radius 2 is 2.19 bits per heavy atom. The van der Waals surface area contributed by atoms with E-state index in [0.717, 1.165) is 29.8 Å². The van der Waals surface area contributed by atoms with E-state index in [-0.39, 0.29) is 11.4 Å². The van der Waals surface area contributed by atoms with E-state index in [9.17, 15) is 4.39 Å². The summed E-state index contributed by atoms with van der Waals surface area (Å²) < 4.78 is 21.7. The molecule has 0 radical (unpaired) electrons. The van der Waals surface area contributed by atoms with Crippen LogP contribution in [0.25, 0.3) is 0 Å². The van der Waals surface area contributed by atoms with Crippen LogP contribution in [0.4, 0.5) is 15.8 Å². The smallest absolute Gasteiger partial charge is 0.160 e. The maximum Gasteiger partial charge on any atom is 0.160 e. The minimum atomic E-state index is -0.204. The predicted molar refractivity (Wildman–Crippen MR) is 64.6 cm³/mol. The predicted octanol–water partition coefficient (Wildman–Crippen LogP) is 3.32. The molecule has 0 aromatic heterocycles. The number of nitrogens with one attached hydrogen (secondary N) is 2. The standard InChI is InChI=1S/C13H17FN2/c1-13(2)7-15-12-10(8-3-4-8)5-9(14)6-11(12)16-13/h5-6,8,15-16H,3-4,7H2,1-2H3/i/hD. The van der Waals surface area contributed by atoms with Gasteiger partial charge in [0.05, 0.1) is 11.4 Å². The molecule has 0 bridgehead atoms. The zero-order valence-corrected chi connectivity index (χ0v) is 9.68. The lowest BCUT2D eigenvalue weighted by molar-refractivity contribution is 0.582. The van der Waals surface area contributed by atoms with Gasteiger partial charge in [0.15, 0.2) is 1.41 Å². The topological polar surface area (TPSA) is 24.1 Å². The van der Waals surface area contributed by atoms with Gasteiger partial charge in [-0.3, -0.25) is 0 Å². The van der Waals surface area contributed by atoms with Crippen molar-refractivity contribution in [1.29, 1.82) is 0 Å². The molecule has 1 saturated carbocycles. The first kappa shape index (κ1) is 8.85. The van der Waals surface area contributed by atoms with Crippen LogP contribution >= 0.6 is 0 Å². The van der Waals surface area contributed by atoms with Gasteiger partial charge < -0.3 is 10.6 Å². The second kappa shape index (κ2) is 3.12. The van der Waals surface area contributed by atoms with E-state index < -0.39 is 0 Å². The normalized spacial score (nSPS) is 23.4. The summed E-state index contributed by atoms with van der Waals surface area (Å²) in [6, 6.07) is 3.10. The number of halogens is 1. The molecule has 0 spiro atoms. The summed E-state index contributed by atoms with van der Waals surface area (Å²) in [7, 11) is 0. The van der Waals surface area contributed by atoms with Crippen molar-refractivity contribution in [1.82, 2.24) is 0 Å². The molecule has 16 heavy (non-hydrogen) atoms. The minimum absolute atomic E-state index is 0.191. The number of hydrogen-bond acceptors (Lipinski definition) is 2. The fraction of sp³-hybridized carbons (Fsp3) is 0.538. The van der Waals surface area contributed by atoms with Gasteiger partial charge in [-0.1, -0.05) is 0 Å². The highest BCUT2D eigenvalue weighted by Crippen LogP contribution is 2.47. The second-order valence-corrected chi connectivity index (χ2v) is 5.49. The lowest BCUT2D eigenvalue weighted by Crippen LogP contribution is -2.42. The molecule has 86 valence electrons. The number of hydrogen-bond donors (Lipinski definition) is 2. The van der Waals surface area contributed by atoms with E-state index in [1.165, 1.54) is 11.4 Å². The Morgan fingerprint density at radius 3 is 2.88 bits per heavy atom. The largest absolute Gasteiger partial charge is 0.381 e. The van der Waals surface area contributed by atoms with Crippen LogP contribution in [0, 0.1) is 5.82 Å². The molecule has 1 aromatic carbocycles. The van der Waals surface area contributed by atoms with Crippen molar-refractivity contribution >= 4 is 11.4 Å². The Balaban J connectivity index is 2.13. The van der Waals surface area contributed by atoms with Crippen LogP contribution in [-0.2, 0) is 0 Å². The van der Waals surface area contributed by atoms with Crippen LogP contribution in [0.3, 0.4) is 0 Å². The molecule has 0 saturated heterocycles. The highest BCUT2D eigenvalue weighted by atomic mass is 19.1. The Labute approximate surface area is 96.7 Å². The van der Waals surface area contributed by atoms with Crippen LogP contribution < -0.4 is 10.6 Å². The molecular weight excluding hydrogens is 203 g/mol. The van der Waals surface area contributed by atoms with Crippen LogP contribution in [0.5, 0.6) is 0 Å². The summed E-state index contributed by atoms with van der Waals surface area (Å²) in [6.45, 7) is 4.67. The van der Waals surface area contributed by atoms with E-state index in [0.29, 0.717) is 12.5 Å². The van der Waals surface area contributed by atoms with Crippen molar-refractivity contribution in [2.45, 2.75) is 38.1 Å². The SMILES string of the molecule is [2H]N1CC(C)(C)Nc2cc(F)cc(C3CC3)c21. The Hall–Kier alpha value is -1.25. The molecule has 1 fully saturated rings. The average Bonchev–Trinajstić information content (AvgIpc) is 2.95. The second-order valence-electron chi connectivity index (χ2n) is 5.49. The van der Waals surface area contributed by atoms with Gasteiger partial charge in [-0.2, -0.15) is 0 Å². The summed E-state index contributed by atoms with van der Waals surface area (Å²) in [4.78, 5) is 0. The molecule has 1 aliphatic heterocycles. The molecule has 3 rings (SSSR count). The van der Waals surface area contributed by atoms with Crippen LogP contribution in [-0.4, -0.2) is 12.1 Å². The molecule has 1 aromatic rings. The molecule has 2 aliphatic rings. The molecule has 1 heterocycles. The van der Waals surface area contributed by atoms with Gasteiger partial charge in [0, 0.05) is 12.1 Å². The van der Waals surface area contributed by atoms with Gasteiger partial charge in [-0.15, -0.1) is 0 Å². The molecule has 3 heteroatoms. The van der Waals surface area contributed by atoms with Crippen molar-refractivity contribution in [3.05, 3.63) is 23.5 Å². The van der Waals surface area contributed by atoms with Crippen molar-refractivity contribution in [3.63, 3.8) is 0 Å². The van der Waals surface area contributed by atoms with Gasteiger partial charge in [-0.25, -0.2) is 4.39 Å². The van der Waals surface area contributed by atoms with Gasteiger partial charge in [0.2, 0.25) is 0 Å². The molecule has 0 unspecified atom stereocenters. The summed E-state index contributed by atoms with van der Waals surface area (Å²) >= 11 is 0. The van der Waals surface area contributed by atoms with Crippen molar-refractivity contribution in [2.24, 2.45) is 0 Å². The zero-order valence-electron chi connectivity index (χ0n) is 10.7. The fourth-order valence-electron chi connectivity index (χ4n) is 2.28. The van der Waals surface area contributed by atoms with E-state index >= 15 is 0 Å². The van der Waals surface area contributed by atoms with Crippen LogP contribution in [0.2, 0.25) is 1.41 Å². The van der Waals surface area contributed by atoms with Crippen LogP contribution in [0.1, 0.15) is 38.2 Å². The molecule has 2 nitrogen and oxygen atoms in total. The Bertz CT molecular complexity index is 469. The highest BCUT2D eigenvalue weighted by Gasteiger charge is 2.32. The van der Waals surface area contributed by atoms with Crippen LogP contribution in [0.15, 0.2) is 12.1 Å². The molecule has 2 N–H and O–H groups in total. The quantitative estimate of drug-likeness (QED) is 0.760. The fourth-order valence-corrected chi connectivity index (χ4v) is 2.28. The van der Waals surface area contributed by atoms with Crippen molar-refractivity contribution in [3.8, 4) is 0 Å². The first-order valence-corrected chi connectivity index (χ1v) is 5.84. The van der Waals surface area contributed by atoms with Gasteiger partial charge in [-0.05, 0) is 50.3 Å². The summed E-state index contributed by atoms with van der Waals surface area (Å²) in [6.07, 6.45) is 2.24. The van der Waals surface area contributed by atoms with Crippen molar-refractivity contribution in [2.75, 3.05) is 17.2 Å². The molecule has 1 aliphatic carbocycles. The third-order valence-corrected chi connectivity index (χ3v) is 3.23. The third-order valence-electron chi connectivity index (χ3n) is 3.23. The Morgan fingerprint density at radius 1 is 1.44 bits per heavy atom. The summed E-state index contributed by atoms with van der Waals surface area (Å²) in [5.41, 5.74) is 2.44. The molecule has 0 atom stereocenters. The van der Waals surface area contributed by atoms with E-state index in [1.807, 2.05) is 13.8 Å². The maximum atomic E-state index is 13.6. The van der Waals surface area contributed by atoms with Gasteiger partial charge in [0.25, 0.3) is 0 Å². The number of anilines is 2. The first-order valence-electron chi connectivity index (χ1n) is 6.29. The van der Waals surface area contributed by atoms with Crippen molar-refractivity contribution < 1.29 is 5.80 Å². The average molecular weight is 221 g/mol. The summed E-state index contributed by atoms with van der Waals surface area (Å²) in [5.74, 6) is 0.250. The first-order chi connectivity index (χ1) is 7.96. The lowest BCUT2D eigenvalue weighted by Gasteiger charge is -2.35. The Kier molecular flexibility index (Phi) is 1.73. The monoisotopic (exact) mass is 221 g/mol. The minimum Gasteiger partial charge on any atom is -0.381 e.